The number of allylic oxidation sites excluding steroid dienone is 2. The number of rotatable bonds is 11. The molecule has 1 saturated carbocycles. The van der Waals surface area contributed by atoms with Crippen molar-refractivity contribution in [2.75, 3.05) is 88.2 Å². The molecule has 7 rings (SSSR count). The molecule has 0 radical (unpaired) electrons. The molecular formula is C34H50Br2N10O2. The fourth-order valence-electron chi connectivity index (χ4n) is 7.06. The van der Waals surface area contributed by atoms with Crippen molar-refractivity contribution in [2.24, 2.45) is 29.4 Å². The van der Waals surface area contributed by atoms with Crippen molar-refractivity contribution in [3.05, 3.63) is 45.9 Å². The van der Waals surface area contributed by atoms with E-state index in [1.165, 1.54) is 4.90 Å². The molecule has 12 nitrogen and oxygen atoms in total. The van der Waals surface area contributed by atoms with Gasteiger partial charge in [0, 0.05) is 89.2 Å². The zero-order valence-corrected chi connectivity index (χ0v) is 29.7. The minimum Gasteiger partial charge on any atom is -0.338 e. The van der Waals surface area contributed by atoms with Gasteiger partial charge in [0.2, 0.25) is 23.7 Å². The summed E-state index contributed by atoms with van der Waals surface area (Å²) in [5, 5.41) is 0. The topological polar surface area (TPSA) is 128 Å². The lowest BCUT2D eigenvalue weighted by atomic mass is 9.85. The number of imide groups is 1. The quantitative estimate of drug-likeness (QED) is 0.265. The minimum absolute atomic E-state index is 0. The Kier molecular flexibility index (Phi) is 11.4. The number of aromatic nitrogens is 4. The van der Waals surface area contributed by atoms with Gasteiger partial charge in [-0.25, -0.2) is 19.9 Å². The van der Waals surface area contributed by atoms with E-state index in [-0.39, 0.29) is 42.9 Å². The molecule has 2 amide bonds. The van der Waals surface area contributed by atoms with Crippen molar-refractivity contribution in [1.29, 1.82) is 0 Å². The third-order valence-electron chi connectivity index (χ3n) is 9.51. The van der Waals surface area contributed by atoms with Crippen molar-refractivity contribution < 1.29 is 15.1 Å². The Morgan fingerprint density at radius 1 is 0.688 bits per heavy atom. The highest BCUT2D eigenvalue weighted by Crippen LogP contribution is 2.52. The highest BCUT2D eigenvalue weighted by atomic mass is 79.9. The molecule has 5 aliphatic rings. The molecule has 5 heterocycles. The maximum absolute atomic E-state index is 12.8. The number of likely N-dealkylation sites (tertiary alicyclic amines) is 1. The van der Waals surface area contributed by atoms with E-state index in [1.54, 1.807) is 24.8 Å². The van der Waals surface area contributed by atoms with Crippen LogP contribution >= 0.6 is 31.9 Å². The highest BCUT2D eigenvalue weighted by Gasteiger charge is 2.58. The molecule has 3 saturated heterocycles. The van der Waals surface area contributed by atoms with Crippen LogP contribution in [0.1, 0.15) is 45.0 Å². The van der Waals surface area contributed by atoms with Crippen molar-refractivity contribution >= 4 is 55.6 Å². The van der Waals surface area contributed by atoms with Crippen LogP contribution in [0.5, 0.6) is 0 Å². The molecule has 2 bridgehead atoms. The molecule has 0 spiro atoms. The second kappa shape index (κ2) is 17.4. The van der Waals surface area contributed by atoms with Crippen LogP contribution in [-0.4, -0.2) is 125 Å². The number of nitrogens with two attached hydrogens (primary N) is 1. The second-order valence-electron chi connectivity index (χ2n) is 12.5. The molecule has 262 valence electrons. The Hall–Kier alpha value is -2.52. The molecule has 3 aliphatic heterocycles. The number of hydrogen-bond acceptors (Lipinski definition) is 11. The number of anilines is 2. The number of halogens is 2. The summed E-state index contributed by atoms with van der Waals surface area (Å²) < 4.78 is 35.0. The molecule has 2 aromatic rings. The Labute approximate surface area is 307 Å². The Morgan fingerprint density at radius 3 is 1.52 bits per heavy atom. The number of carbonyl (C=O) groups is 2. The largest absolute Gasteiger partial charge is 0.338 e. The van der Waals surface area contributed by atoms with Gasteiger partial charge in [0.25, 0.3) is 0 Å². The Balaban J connectivity index is 0.000000217. The van der Waals surface area contributed by atoms with Crippen LogP contribution in [0.4, 0.5) is 11.9 Å². The van der Waals surface area contributed by atoms with Crippen LogP contribution in [0.25, 0.3) is 0 Å². The maximum atomic E-state index is 12.8. The number of amides is 2. The number of fused-ring (bicyclic) bond motifs is 5. The van der Waals surface area contributed by atoms with Crippen molar-refractivity contribution in [3.8, 4) is 0 Å². The van der Waals surface area contributed by atoms with E-state index in [9.17, 15) is 9.59 Å². The Morgan fingerprint density at radius 2 is 1.10 bits per heavy atom. The van der Waals surface area contributed by atoms with E-state index >= 15 is 0 Å². The van der Waals surface area contributed by atoms with Crippen LogP contribution in [0.2, 0.25) is 0 Å². The summed E-state index contributed by atoms with van der Waals surface area (Å²) in [6.07, 6.45) is 14.0. The number of hydrogen-bond donors (Lipinski definition) is 1. The fourth-order valence-corrected chi connectivity index (χ4v) is 7.47. The molecule has 0 aromatic carbocycles. The smallest absolute Gasteiger partial charge is 0.233 e. The van der Waals surface area contributed by atoms with Crippen LogP contribution in [0.3, 0.4) is 0 Å². The normalized spacial score (nSPS) is 27.1. The average Bonchev–Trinajstić information content (AvgIpc) is 3.82. The summed E-state index contributed by atoms with van der Waals surface area (Å²) >= 11 is 6.65. The maximum Gasteiger partial charge on any atom is 0.233 e. The predicted molar refractivity (Wildman–Crippen MR) is 195 cm³/mol. The first-order valence-corrected chi connectivity index (χ1v) is 18.2. The van der Waals surface area contributed by atoms with Gasteiger partial charge in [0.1, 0.15) is 0 Å². The molecule has 4 atom stereocenters. The summed E-state index contributed by atoms with van der Waals surface area (Å²) in [6.45, 7) is 3.40. The Bertz CT molecular complexity index is 1510. The molecule has 2 N–H and O–H groups in total. The third kappa shape index (κ3) is 8.79. The van der Waals surface area contributed by atoms with Crippen LogP contribution in [0, 0.1) is 23.7 Å². The van der Waals surface area contributed by atoms with Crippen LogP contribution in [-0.2, 0) is 9.59 Å². The van der Waals surface area contributed by atoms with Gasteiger partial charge in [0.05, 0.1) is 20.8 Å². The molecule has 48 heavy (non-hydrogen) atoms. The molecule has 2 aliphatic carbocycles. The lowest BCUT2D eigenvalue weighted by Gasteiger charge is -2.34. The van der Waals surface area contributed by atoms with Gasteiger partial charge in [-0.2, -0.15) is 0 Å². The zero-order chi connectivity index (χ0) is 36.3. The molecule has 0 unspecified atom stereocenters. The van der Waals surface area contributed by atoms with Gasteiger partial charge in [0.15, 0.2) is 0 Å². The molecular weight excluding hydrogens is 740 g/mol. The monoisotopic (exact) mass is 792 g/mol. The SMILES string of the molecule is C.[2H]C([2H])(CCCN)N1CCN(c2ncc(Br)cn2)CC1.[2H]C([2H])(CCCN1C(=O)[C@@H]2[C@H](C1=O)[C@@H]1C=C[C@H]2C1)N1CCN(c2ncc(Br)cn2)CC1. The molecule has 4 fully saturated rings. The van der Waals surface area contributed by atoms with Gasteiger partial charge >= 0.3 is 0 Å². The standard InChI is InChI=1S/C21H26BrN5O2.C12H20BrN5.CH4/c22-16-12-23-21(24-13-16)26-9-7-25(8-10-26)5-1-2-6-27-19(28)17-14-3-4-15(11-14)18(17)20(27)29;13-11-9-15-12(16-10-11)18-7-5-17(6-8-18)4-2-1-3-14;/h3-4,12-15,17-18H,1-2,5-11H2;9-10H,1-8,14H2;1H4/t14-,15+,17-,18+;;/i5D2;4D2;. The molecule has 14 heteroatoms. The first kappa shape index (κ1) is 31.5. The predicted octanol–water partition coefficient (Wildman–Crippen LogP) is 3.68. The fraction of sp³-hybridized carbons (Fsp3) is 0.647. The average molecular weight is 795 g/mol. The van der Waals surface area contributed by atoms with E-state index in [1.807, 2.05) is 9.80 Å². The highest BCUT2D eigenvalue weighted by molar-refractivity contribution is 9.10. The summed E-state index contributed by atoms with van der Waals surface area (Å²) in [4.78, 5) is 52.0. The first-order valence-electron chi connectivity index (χ1n) is 18.6. The van der Waals surface area contributed by atoms with E-state index in [2.05, 4.69) is 73.7 Å². The lowest BCUT2D eigenvalue weighted by Crippen LogP contribution is -2.47. The van der Waals surface area contributed by atoms with E-state index in [4.69, 9.17) is 11.2 Å². The number of carbonyl (C=O) groups excluding carboxylic acids is 2. The number of nitrogens with zero attached hydrogens (tertiary/aromatic N) is 9. The molecule has 2 aromatic heterocycles. The van der Waals surface area contributed by atoms with E-state index < -0.39 is 13.0 Å². The summed E-state index contributed by atoms with van der Waals surface area (Å²) in [7, 11) is 0. The van der Waals surface area contributed by atoms with Crippen molar-refractivity contribution in [3.63, 3.8) is 0 Å². The van der Waals surface area contributed by atoms with Gasteiger partial charge in [-0.05, 0) is 95.3 Å². The van der Waals surface area contributed by atoms with Gasteiger partial charge < -0.3 is 15.5 Å². The van der Waals surface area contributed by atoms with Gasteiger partial charge in [-0.3, -0.25) is 24.3 Å². The first-order chi connectivity index (χ1) is 24.4. The lowest BCUT2D eigenvalue weighted by molar-refractivity contribution is -0.140. The minimum atomic E-state index is -1.48. The second-order valence-corrected chi connectivity index (χ2v) is 14.3. The van der Waals surface area contributed by atoms with Crippen LogP contribution < -0.4 is 15.5 Å². The summed E-state index contributed by atoms with van der Waals surface area (Å²) in [5.41, 5.74) is 5.46. The summed E-state index contributed by atoms with van der Waals surface area (Å²) in [5.74, 6) is 1.36. The zero-order valence-electron chi connectivity index (χ0n) is 30.6. The van der Waals surface area contributed by atoms with E-state index in [0.717, 1.165) is 28.5 Å². The third-order valence-corrected chi connectivity index (χ3v) is 10.3. The number of piperazine rings is 2. The van der Waals surface area contributed by atoms with Crippen LogP contribution in [0.15, 0.2) is 45.9 Å². The van der Waals surface area contributed by atoms with Crippen molar-refractivity contribution in [2.45, 2.75) is 39.5 Å². The van der Waals surface area contributed by atoms with Gasteiger partial charge in [-0.1, -0.05) is 19.6 Å². The van der Waals surface area contributed by atoms with E-state index in [0.29, 0.717) is 89.9 Å². The van der Waals surface area contributed by atoms with Crippen molar-refractivity contribution in [1.82, 2.24) is 34.6 Å². The van der Waals surface area contributed by atoms with Gasteiger partial charge in [-0.15, -0.1) is 0 Å². The summed E-state index contributed by atoms with van der Waals surface area (Å²) in [6, 6.07) is 0.